The van der Waals surface area contributed by atoms with Crippen LogP contribution < -0.4 is 10.6 Å². The zero-order valence-corrected chi connectivity index (χ0v) is 19.7. The number of nitrogens with one attached hydrogen (secondary N) is 2. The van der Waals surface area contributed by atoms with E-state index in [1.54, 1.807) is 24.3 Å². The van der Waals surface area contributed by atoms with Crippen molar-refractivity contribution in [2.75, 3.05) is 11.9 Å². The van der Waals surface area contributed by atoms with E-state index in [1.807, 2.05) is 0 Å². The predicted molar refractivity (Wildman–Crippen MR) is 124 cm³/mol. The molecule has 4 N–H and O–H groups in total. The molecule has 7 rings (SSSR count). The second-order valence-electron chi connectivity index (χ2n) is 12.1. The van der Waals surface area contributed by atoms with Crippen LogP contribution in [0.4, 0.5) is 5.69 Å². The summed E-state index contributed by atoms with van der Waals surface area (Å²) in [7, 11) is 0. The van der Waals surface area contributed by atoms with Crippen molar-refractivity contribution in [3.63, 3.8) is 0 Å². The second-order valence-corrected chi connectivity index (χ2v) is 12.1. The molecule has 7 bridgehead atoms. The van der Waals surface area contributed by atoms with Crippen LogP contribution in [0.3, 0.4) is 0 Å². The molecule has 0 aromatic heterocycles. The van der Waals surface area contributed by atoms with Crippen LogP contribution in [0.25, 0.3) is 0 Å². The number of amides is 1. The number of piperidine rings is 1. The van der Waals surface area contributed by atoms with Crippen LogP contribution in [-0.4, -0.2) is 51.5 Å². The van der Waals surface area contributed by atoms with Crippen molar-refractivity contribution < 1.29 is 24.5 Å². The van der Waals surface area contributed by atoms with E-state index in [0.29, 0.717) is 36.6 Å². The Kier molecular flexibility index (Phi) is 4.15. The lowest BCUT2D eigenvalue weighted by atomic mass is 9.45. The maximum absolute atomic E-state index is 13.6. The van der Waals surface area contributed by atoms with Crippen LogP contribution in [0.2, 0.25) is 0 Å². The summed E-state index contributed by atoms with van der Waals surface area (Å²) in [5.41, 5.74) is -2.04. The SMILES string of the molecule is CC(=O)Nc1ccccc1C(=O)O[C@]12CCC[C@]34[C@H](NC1)[C@H](C[C@H]23)[C@@]1(O)CC[C@H]2C[C@@H]4[C@]1(O)C2. The average Bonchev–Trinajstić information content (AvgIpc) is 3.21. The van der Waals surface area contributed by atoms with E-state index in [2.05, 4.69) is 10.6 Å². The molecule has 1 heterocycles. The van der Waals surface area contributed by atoms with Crippen LogP contribution in [0, 0.1) is 29.1 Å². The van der Waals surface area contributed by atoms with E-state index in [4.69, 9.17) is 4.74 Å². The smallest absolute Gasteiger partial charge is 0.340 e. The van der Waals surface area contributed by atoms with Gasteiger partial charge in [-0.2, -0.15) is 0 Å². The number of carbonyl (C=O) groups is 2. The number of rotatable bonds is 3. The first-order chi connectivity index (χ1) is 16.2. The Labute approximate surface area is 199 Å². The molecule has 34 heavy (non-hydrogen) atoms. The maximum Gasteiger partial charge on any atom is 0.340 e. The standard InChI is InChI=1S/C27H34N2O5/c1-15(30)29-19-6-3-2-5-17(19)23(31)34-24-8-4-9-25-20(24)12-18(22(25)28-14-24)26(32)10-7-16-11-21(25)27(26,33)13-16/h2-3,5-6,16,18,20-22,28,32-33H,4,7-14H2,1H3,(H,29,30)/t16-,18-,20+,21-,22+,24+,25-,26-,27+/m0/s1. The fourth-order valence-corrected chi connectivity index (χ4v) is 10.1. The molecule has 1 aromatic carbocycles. The van der Waals surface area contributed by atoms with E-state index in [0.717, 1.165) is 38.5 Å². The third-order valence-corrected chi connectivity index (χ3v) is 11.0. The molecule has 7 nitrogen and oxygen atoms in total. The lowest BCUT2D eigenvalue weighted by molar-refractivity contribution is -0.271. The fraction of sp³-hybridized carbons (Fsp3) is 0.704. The minimum Gasteiger partial charge on any atom is -0.454 e. The summed E-state index contributed by atoms with van der Waals surface area (Å²) in [5.74, 6) is 0.000256. The molecule has 9 atom stereocenters. The number of benzene rings is 1. The Morgan fingerprint density at radius 2 is 1.91 bits per heavy atom. The minimum absolute atomic E-state index is 0.0110. The highest BCUT2D eigenvalue weighted by Gasteiger charge is 2.83. The molecule has 1 spiro atoms. The van der Waals surface area contributed by atoms with Gasteiger partial charge in [-0.3, -0.25) is 4.79 Å². The highest BCUT2D eigenvalue weighted by atomic mass is 16.6. The first-order valence-corrected chi connectivity index (χ1v) is 13.0. The number of para-hydroxylation sites is 1. The van der Waals surface area contributed by atoms with Crippen molar-refractivity contribution in [3.8, 4) is 0 Å². The monoisotopic (exact) mass is 466 g/mol. The van der Waals surface area contributed by atoms with Gasteiger partial charge in [-0.15, -0.1) is 0 Å². The predicted octanol–water partition coefficient (Wildman–Crippen LogP) is 2.61. The summed E-state index contributed by atoms with van der Waals surface area (Å²) in [6.45, 7) is 2.01. The van der Waals surface area contributed by atoms with Gasteiger partial charge in [0.1, 0.15) is 5.60 Å². The highest BCUT2D eigenvalue weighted by Crippen LogP contribution is 2.77. The van der Waals surface area contributed by atoms with Crippen molar-refractivity contribution >= 4 is 17.6 Å². The molecular formula is C27H34N2O5. The van der Waals surface area contributed by atoms with Gasteiger partial charge in [0.05, 0.1) is 22.5 Å². The van der Waals surface area contributed by atoms with E-state index in [-0.39, 0.29) is 35.1 Å². The Balaban J connectivity index is 1.28. The molecule has 6 aliphatic rings. The first kappa shape index (κ1) is 21.3. The topological polar surface area (TPSA) is 108 Å². The van der Waals surface area contributed by atoms with Crippen LogP contribution in [0.5, 0.6) is 0 Å². The van der Waals surface area contributed by atoms with Crippen LogP contribution in [0.15, 0.2) is 24.3 Å². The lowest BCUT2D eigenvalue weighted by Crippen LogP contribution is -2.77. The van der Waals surface area contributed by atoms with Gasteiger partial charge < -0.3 is 25.6 Å². The van der Waals surface area contributed by atoms with E-state index < -0.39 is 22.8 Å². The minimum atomic E-state index is -1.05. The maximum atomic E-state index is 13.6. The normalized spacial score (nSPS) is 49.4. The molecule has 1 aromatic rings. The molecule has 1 saturated heterocycles. The largest absolute Gasteiger partial charge is 0.454 e. The summed E-state index contributed by atoms with van der Waals surface area (Å²) >= 11 is 0. The third-order valence-electron chi connectivity index (χ3n) is 11.0. The fourth-order valence-electron chi connectivity index (χ4n) is 10.1. The van der Waals surface area contributed by atoms with Crippen LogP contribution in [0.1, 0.15) is 68.6 Å². The molecule has 5 aliphatic carbocycles. The number of anilines is 1. The Morgan fingerprint density at radius 3 is 2.74 bits per heavy atom. The molecular weight excluding hydrogens is 432 g/mol. The molecule has 6 fully saturated rings. The number of esters is 1. The van der Waals surface area contributed by atoms with Crippen molar-refractivity contribution in [1.29, 1.82) is 0 Å². The quantitative estimate of drug-likeness (QED) is 0.510. The highest BCUT2D eigenvalue weighted by molar-refractivity contribution is 6.00. The van der Waals surface area contributed by atoms with Gasteiger partial charge in [-0.05, 0) is 80.8 Å². The van der Waals surface area contributed by atoms with Crippen LogP contribution >= 0.6 is 0 Å². The summed E-state index contributed by atoms with van der Waals surface area (Å²) in [6, 6.07) is 7.17. The molecule has 182 valence electrons. The van der Waals surface area contributed by atoms with E-state index in [1.165, 1.54) is 6.92 Å². The number of hydrogen-bond donors (Lipinski definition) is 4. The zero-order valence-electron chi connectivity index (χ0n) is 19.7. The lowest BCUT2D eigenvalue weighted by Gasteiger charge is -2.66. The molecule has 1 amide bonds. The molecule has 7 heteroatoms. The van der Waals surface area contributed by atoms with E-state index in [9.17, 15) is 19.8 Å². The molecule has 1 aliphatic heterocycles. The second kappa shape index (κ2) is 6.62. The van der Waals surface area contributed by atoms with Gasteiger partial charge in [-0.1, -0.05) is 12.1 Å². The van der Waals surface area contributed by atoms with Gasteiger partial charge in [0.2, 0.25) is 5.91 Å². The first-order valence-electron chi connectivity index (χ1n) is 13.0. The van der Waals surface area contributed by atoms with Gasteiger partial charge >= 0.3 is 5.97 Å². The summed E-state index contributed by atoms with van der Waals surface area (Å²) in [6.07, 6.45) is 6.90. The Morgan fingerprint density at radius 1 is 1.09 bits per heavy atom. The van der Waals surface area contributed by atoms with Crippen LogP contribution in [-0.2, 0) is 9.53 Å². The zero-order chi connectivity index (χ0) is 23.5. The van der Waals surface area contributed by atoms with E-state index >= 15 is 0 Å². The number of hydrogen-bond acceptors (Lipinski definition) is 6. The third kappa shape index (κ3) is 2.34. The molecule has 0 radical (unpaired) electrons. The Hall–Kier alpha value is -1.96. The Bertz CT molecular complexity index is 1090. The summed E-state index contributed by atoms with van der Waals surface area (Å²) in [5, 5.41) is 30.6. The summed E-state index contributed by atoms with van der Waals surface area (Å²) < 4.78 is 6.47. The van der Waals surface area contributed by atoms with Gasteiger partial charge in [0, 0.05) is 31.3 Å². The van der Waals surface area contributed by atoms with Gasteiger partial charge in [-0.25, -0.2) is 4.79 Å². The van der Waals surface area contributed by atoms with Crippen molar-refractivity contribution in [2.45, 2.75) is 81.1 Å². The number of aliphatic hydroxyl groups is 2. The summed E-state index contributed by atoms with van der Waals surface area (Å²) in [4.78, 5) is 25.2. The van der Waals surface area contributed by atoms with Crippen molar-refractivity contribution in [3.05, 3.63) is 29.8 Å². The molecule has 0 unspecified atom stereocenters. The average molecular weight is 467 g/mol. The number of fused-ring (bicyclic) bond motifs is 2. The number of ether oxygens (including phenoxy) is 1. The number of carbonyl (C=O) groups excluding carboxylic acids is 2. The van der Waals surface area contributed by atoms with Crippen molar-refractivity contribution in [1.82, 2.24) is 5.32 Å². The molecule has 5 saturated carbocycles. The van der Waals surface area contributed by atoms with Crippen molar-refractivity contribution in [2.24, 2.45) is 29.1 Å². The van der Waals surface area contributed by atoms with Gasteiger partial charge in [0.15, 0.2) is 0 Å². The van der Waals surface area contributed by atoms with Gasteiger partial charge in [0.25, 0.3) is 0 Å².